The van der Waals surface area contributed by atoms with E-state index in [1.807, 2.05) is 0 Å². The van der Waals surface area contributed by atoms with Crippen molar-refractivity contribution in [2.75, 3.05) is 0 Å². The summed E-state index contributed by atoms with van der Waals surface area (Å²) in [5, 5.41) is 0. The highest BCUT2D eigenvalue weighted by molar-refractivity contribution is 5.95. The second kappa shape index (κ2) is 11.7. The Hall–Kier alpha value is -6.24. The molecular weight excluding hydrogens is 625 g/mol. The van der Waals surface area contributed by atoms with Gasteiger partial charge in [0.2, 0.25) is 0 Å². The molecule has 0 saturated heterocycles. The van der Waals surface area contributed by atoms with Gasteiger partial charge >= 0.3 is 0 Å². The molecule has 0 unspecified atom stereocenters. The van der Waals surface area contributed by atoms with Crippen LogP contribution in [0.4, 0.5) is 0 Å². The predicted octanol–water partition coefficient (Wildman–Crippen LogP) is 12.7. The number of hydrogen-bond acceptors (Lipinski definition) is 0. The lowest BCUT2D eigenvalue weighted by Gasteiger charge is -2.34. The first-order chi connectivity index (χ1) is 25.6. The average Bonchev–Trinajstić information content (AvgIpc) is 3.78. The minimum atomic E-state index is -0.263. The molecule has 0 amide bonds. The van der Waals surface area contributed by atoms with Crippen molar-refractivity contribution in [2.45, 2.75) is 24.7 Å². The van der Waals surface area contributed by atoms with E-state index in [4.69, 9.17) is 0 Å². The Morgan fingerprint density at radius 1 is 0.250 bits per heavy atom. The molecule has 0 nitrogen and oxygen atoms in total. The molecule has 8 aromatic carbocycles. The summed E-state index contributed by atoms with van der Waals surface area (Å²) < 4.78 is 0. The summed E-state index contributed by atoms with van der Waals surface area (Å²) in [5.41, 5.74) is 21.4. The standard InChI is InChI=1S/C26H18.C26H20/c1-17-14-15-21-20-10-4-7-13-24(20)26(25(21)16-17)22-11-5-2-8-18(22)19-9-3-6-12-23(19)26;1-19-16-17-23-22-14-8-9-15-24(22)26(25(23)18-19,20-10-4-2-5-11-20)21-12-6-3-7-13-21/h2-16H,1H3;2-18H,1H3. The molecule has 0 aliphatic heterocycles. The van der Waals surface area contributed by atoms with E-state index in [1.165, 1.54) is 89.0 Å². The van der Waals surface area contributed by atoms with Crippen LogP contribution in [0.15, 0.2) is 194 Å². The van der Waals surface area contributed by atoms with Crippen LogP contribution in [0.2, 0.25) is 0 Å². The quantitative estimate of drug-likeness (QED) is 0.173. The highest BCUT2D eigenvalue weighted by Gasteiger charge is 2.51. The van der Waals surface area contributed by atoms with Crippen LogP contribution in [0.1, 0.15) is 55.6 Å². The molecule has 0 radical (unpaired) electrons. The number of hydrogen-bond donors (Lipinski definition) is 0. The summed E-state index contributed by atoms with van der Waals surface area (Å²) in [6.07, 6.45) is 0. The zero-order valence-corrected chi connectivity index (χ0v) is 29.5. The van der Waals surface area contributed by atoms with E-state index in [-0.39, 0.29) is 10.8 Å². The topological polar surface area (TPSA) is 0 Å². The molecule has 0 aromatic heterocycles. The molecule has 0 heteroatoms. The van der Waals surface area contributed by atoms with Crippen LogP contribution < -0.4 is 0 Å². The van der Waals surface area contributed by atoms with E-state index < -0.39 is 0 Å². The molecule has 0 fully saturated rings. The Morgan fingerprint density at radius 2 is 0.538 bits per heavy atom. The Kier molecular flexibility index (Phi) is 6.85. The van der Waals surface area contributed by atoms with E-state index in [0.29, 0.717) is 0 Å². The largest absolute Gasteiger partial charge is 0.0725 e. The SMILES string of the molecule is Cc1ccc2c(c1)C(c1ccccc1)(c1ccccc1)c1ccccc1-2.Cc1ccc2c(c1)C1(c3ccccc3-c3ccccc31)c1ccccc1-2. The van der Waals surface area contributed by atoms with Crippen LogP contribution in [0.25, 0.3) is 33.4 Å². The lowest BCUT2D eigenvalue weighted by Crippen LogP contribution is -2.28. The fourth-order valence-electron chi connectivity index (χ4n) is 9.77. The summed E-state index contributed by atoms with van der Waals surface area (Å²) in [6.45, 7) is 4.38. The van der Waals surface area contributed by atoms with Crippen LogP contribution in [-0.2, 0) is 10.8 Å². The lowest BCUT2D eigenvalue weighted by molar-refractivity contribution is 0.767. The Balaban J connectivity index is 0.000000130. The second-order valence-corrected chi connectivity index (χ2v) is 14.5. The van der Waals surface area contributed by atoms with E-state index in [9.17, 15) is 0 Å². The second-order valence-electron chi connectivity index (χ2n) is 14.5. The fraction of sp³-hybridized carbons (Fsp3) is 0.0769. The third kappa shape index (κ3) is 4.10. The molecule has 8 aromatic rings. The van der Waals surface area contributed by atoms with Crippen LogP contribution in [-0.4, -0.2) is 0 Å². The summed E-state index contributed by atoms with van der Waals surface area (Å²) in [6, 6.07) is 71.4. The molecule has 3 aliphatic rings. The number of fused-ring (bicyclic) bond motifs is 13. The lowest BCUT2D eigenvalue weighted by atomic mass is 9.67. The third-order valence-electron chi connectivity index (χ3n) is 11.8. The Morgan fingerprint density at radius 3 is 0.923 bits per heavy atom. The van der Waals surface area contributed by atoms with Crippen molar-refractivity contribution in [3.8, 4) is 33.4 Å². The average molecular weight is 663 g/mol. The van der Waals surface area contributed by atoms with E-state index in [2.05, 4.69) is 208 Å². The maximum absolute atomic E-state index is 2.40. The molecule has 52 heavy (non-hydrogen) atoms. The molecular formula is C52H38. The van der Waals surface area contributed by atoms with Crippen LogP contribution in [0.5, 0.6) is 0 Å². The molecule has 0 heterocycles. The third-order valence-corrected chi connectivity index (χ3v) is 11.8. The van der Waals surface area contributed by atoms with Crippen molar-refractivity contribution < 1.29 is 0 Å². The maximum Gasteiger partial charge on any atom is 0.0725 e. The van der Waals surface area contributed by atoms with Gasteiger partial charge in [-0.2, -0.15) is 0 Å². The molecule has 1 spiro atoms. The minimum Gasteiger partial charge on any atom is -0.0622 e. The Labute approximate surface area is 306 Å². The van der Waals surface area contributed by atoms with Gasteiger partial charge in [0.25, 0.3) is 0 Å². The molecule has 0 bridgehead atoms. The molecule has 246 valence electrons. The van der Waals surface area contributed by atoms with Gasteiger partial charge in [-0.3, -0.25) is 0 Å². The number of aryl methyl sites for hydroxylation is 2. The van der Waals surface area contributed by atoms with Gasteiger partial charge in [-0.15, -0.1) is 0 Å². The number of rotatable bonds is 2. The predicted molar refractivity (Wildman–Crippen MR) is 216 cm³/mol. The Bertz CT molecular complexity index is 2440. The molecule has 0 saturated carbocycles. The van der Waals surface area contributed by atoms with Crippen molar-refractivity contribution in [1.82, 2.24) is 0 Å². The first-order valence-corrected chi connectivity index (χ1v) is 18.4. The van der Waals surface area contributed by atoms with E-state index in [1.54, 1.807) is 0 Å². The normalized spacial score (nSPS) is 14.3. The summed E-state index contributed by atoms with van der Waals surface area (Å²) >= 11 is 0. The highest BCUT2D eigenvalue weighted by Crippen LogP contribution is 2.62. The zero-order chi connectivity index (χ0) is 34.9. The maximum atomic E-state index is 2.40. The van der Waals surface area contributed by atoms with Crippen molar-refractivity contribution in [3.63, 3.8) is 0 Å². The fourth-order valence-corrected chi connectivity index (χ4v) is 9.77. The van der Waals surface area contributed by atoms with Gasteiger partial charge < -0.3 is 0 Å². The van der Waals surface area contributed by atoms with Crippen LogP contribution in [0.3, 0.4) is 0 Å². The number of benzene rings is 8. The van der Waals surface area contributed by atoms with Crippen molar-refractivity contribution in [2.24, 2.45) is 0 Å². The van der Waals surface area contributed by atoms with Gasteiger partial charge in [0.1, 0.15) is 0 Å². The first kappa shape index (κ1) is 30.6. The van der Waals surface area contributed by atoms with Crippen molar-refractivity contribution in [3.05, 3.63) is 250 Å². The van der Waals surface area contributed by atoms with Gasteiger partial charge in [-0.1, -0.05) is 205 Å². The van der Waals surface area contributed by atoms with Crippen molar-refractivity contribution in [1.29, 1.82) is 0 Å². The van der Waals surface area contributed by atoms with Gasteiger partial charge in [-0.25, -0.2) is 0 Å². The van der Waals surface area contributed by atoms with Gasteiger partial charge in [0.05, 0.1) is 10.8 Å². The van der Waals surface area contributed by atoms with Crippen molar-refractivity contribution >= 4 is 0 Å². The summed E-state index contributed by atoms with van der Waals surface area (Å²) in [5.74, 6) is 0. The van der Waals surface area contributed by atoms with E-state index >= 15 is 0 Å². The van der Waals surface area contributed by atoms with E-state index in [0.717, 1.165) is 0 Å². The monoisotopic (exact) mass is 662 g/mol. The summed E-state index contributed by atoms with van der Waals surface area (Å²) in [4.78, 5) is 0. The van der Waals surface area contributed by atoms with Crippen LogP contribution in [0, 0.1) is 13.8 Å². The molecule has 3 aliphatic carbocycles. The van der Waals surface area contributed by atoms with Gasteiger partial charge in [0.15, 0.2) is 0 Å². The molecule has 0 atom stereocenters. The molecule has 0 N–H and O–H groups in total. The van der Waals surface area contributed by atoms with Gasteiger partial charge in [-0.05, 0) is 91.7 Å². The van der Waals surface area contributed by atoms with Crippen LogP contribution >= 0.6 is 0 Å². The van der Waals surface area contributed by atoms with Gasteiger partial charge in [0, 0.05) is 0 Å². The summed E-state index contributed by atoms with van der Waals surface area (Å²) in [7, 11) is 0. The smallest absolute Gasteiger partial charge is 0.0622 e. The highest BCUT2D eigenvalue weighted by atomic mass is 14.5. The molecule has 11 rings (SSSR count). The minimum absolute atomic E-state index is 0.189. The first-order valence-electron chi connectivity index (χ1n) is 18.4. The zero-order valence-electron chi connectivity index (χ0n) is 29.5.